The van der Waals surface area contributed by atoms with E-state index >= 15 is 0 Å². The van der Waals surface area contributed by atoms with Gasteiger partial charge in [-0.3, -0.25) is 19.8 Å². The first kappa shape index (κ1) is 30.7. The molecule has 2 aromatic rings. The number of thiazole rings is 1. The first-order valence-corrected chi connectivity index (χ1v) is 10.9. The van der Waals surface area contributed by atoms with E-state index in [0.717, 1.165) is 30.8 Å². The standard InChI is InChI=1S/C21H30N4O5S.2ClH/c1-6-8-25(13(2)3)9-7-22-20(28)15-12-31-21(23-15)24-19(27)14-10-17(29-4)18(30-5)11-16(14)26;;/h10-13,26H,6-9H2,1-5H3,(H,22,28)(H,23,24,27);2*1H. The number of nitrogens with one attached hydrogen (secondary N) is 2. The van der Waals surface area contributed by atoms with E-state index in [1.165, 1.54) is 26.4 Å². The van der Waals surface area contributed by atoms with Crippen LogP contribution in [0.25, 0.3) is 0 Å². The Hall–Kier alpha value is -2.27. The molecule has 0 saturated heterocycles. The maximum absolute atomic E-state index is 12.5. The molecule has 1 aromatic heterocycles. The van der Waals surface area contributed by atoms with Gasteiger partial charge < -0.3 is 19.9 Å². The summed E-state index contributed by atoms with van der Waals surface area (Å²) in [7, 11) is 2.87. The molecule has 0 bridgehead atoms. The van der Waals surface area contributed by atoms with Crippen molar-refractivity contribution in [3.8, 4) is 17.2 Å². The first-order valence-electron chi connectivity index (χ1n) is 10.0. The second-order valence-electron chi connectivity index (χ2n) is 7.10. The number of aromatic hydroxyl groups is 1. The molecule has 2 rings (SSSR count). The molecule has 0 fully saturated rings. The molecular weight excluding hydrogens is 491 g/mol. The Morgan fingerprint density at radius 2 is 1.76 bits per heavy atom. The highest BCUT2D eigenvalue weighted by Crippen LogP contribution is 2.34. The first-order chi connectivity index (χ1) is 14.8. The molecule has 0 atom stereocenters. The van der Waals surface area contributed by atoms with Crippen molar-refractivity contribution in [3.05, 3.63) is 28.8 Å². The van der Waals surface area contributed by atoms with E-state index in [1.807, 2.05) is 0 Å². The third-order valence-corrected chi connectivity index (χ3v) is 5.39. The fourth-order valence-corrected chi connectivity index (χ4v) is 3.65. The molecule has 0 aliphatic carbocycles. The Labute approximate surface area is 210 Å². The smallest absolute Gasteiger partial charge is 0.270 e. The van der Waals surface area contributed by atoms with Crippen LogP contribution in [0.5, 0.6) is 17.2 Å². The predicted molar refractivity (Wildman–Crippen MR) is 135 cm³/mol. The number of hydrogen-bond donors (Lipinski definition) is 3. The zero-order valence-corrected chi connectivity index (χ0v) is 21.8. The number of benzene rings is 1. The van der Waals surface area contributed by atoms with Crippen LogP contribution in [0.1, 0.15) is 48.0 Å². The second-order valence-corrected chi connectivity index (χ2v) is 7.96. The highest BCUT2D eigenvalue weighted by molar-refractivity contribution is 7.14. The summed E-state index contributed by atoms with van der Waals surface area (Å²) in [5, 5.41) is 17.4. The Bertz CT molecular complexity index is 911. The van der Waals surface area contributed by atoms with Crippen LogP contribution in [0, 0.1) is 0 Å². The SMILES string of the molecule is CCCN(CCNC(=O)c1csc(NC(=O)c2cc(OC)c(OC)cc2O)n1)C(C)C.Cl.Cl. The lowest BCUT2D eigenvalue weighted by Gasteiger charge is -2.25. The minimum absolute atomic E-state index is 0. The number of amides is 2. The fourth-order valence-electron chi connectivity index (χ4n) is 2.97. The van der Waals surface area contributed by atoms with Gasteiger partial charge >= 0.3 is 0 Å². The summed E-state index contributed by atoms with van der Waals surface area (Å²) in [6.07, 6.45) is 1.05. The van der Waals surface area contributed by atoms with E-state index in [4.69, 9.17) is 9.47 Å². The maximum Gasteiger partial charge on any atom is 0.270 e. The summed E-state index contributed by atoms with van der Waals surface area (Å²) in [5.74, 6) is -0.521. The molecule has 0 unspecified atom stereocenters. The Morgan fingerprint density at radius 1 is 1.12 bits per heavy atom. The minimum atomic E-state index is -0.577. The third-order valence-electron chi connectivity index (χ3n) is 4.63. The number of anilines is 1. The molecule has 186 valence electrons. The van der Waals surface area contributed by atoms with Crippen LogP contribution >= 0.6 is 36.2 Å². The average molecular weight is 523 g/mol. The number of hydrogen-bond acceptors (Lipinski definition) is 8. The lowest BCUT2D eigenvalue weighted by Crippen LogP contribution is -2.39. The van der Waals surface area contributed by atoms with Crippen molar-refractivity contribution in [1.82, 2.24) is 15.2 Å². The quantitative estimate of drug-likeness (QED) is 0.411. The van der Waals surface area contributed by atoms with E-state index in [-0.39, 0.29) is 52.9 Å². The molecule has 1 aromatic carbocycles. The average Bonchev–Trinajstić information content (AvgIpc) is 3.21. The van der Waals surface area contributed by atoms with Crippen LogP contribution in [-0.2, 0) is 0 Å². The van der Waals surface area contributed by atoms with Gasteiger partial charge in [0.2, 0.25) is 0 Å². The van der Waals surface area contributed by atoms with Crippen molar-refractivity contribution < 1.29 is 24.2 Å². The summed E-state index contributed by atoms with van der Waals surface area (Å²) in [4.78, 5) is 31.4. The number of nitrogens with zero attached hydrogens (tertiary/aromatic N) is 2. The lowest BCUT2D eigenvalue weighted by molar-refractivity contribution is 0.0939. The molecule has 1 heterocycles. The van der Waals surface area contributed by atoms with Gasteiger partial charge in [0.05, 0.1) is 19.8 Å². The highest BCUT2D eigenvalue weighted by Gasteiger charge is 2.19. The van der Waals surface area contributed by atoms with Gasteiger partial charge in [0, 0.05) is 36.6 Å². The molecule has 0 saturated carbocycles. The Morgan fingerprint density at radius 3 is 2.33 bits per heavy atom. The van der Waals surface area contributed by atoms with E-state index < -0.39 is 5.91 Å². The summed E-state index contributed by atoms with van der Waals surface area (Å²) in [5.41, 5.74) is 0.229. The van der Waals surface area contributed by atoms with Gasteiger partial charge in [-0.25, -0.2) is 4.98 Å². The van der Waals surface area contributed by atoms with E-state index in [1.54, 1.807) is 5.38 Å². The van der Waals surface area contributed by atoms with Crippen molar-refractivity contribution in [1.29, 1.82) is 0 Å². The maximum atomic E-state index is 12.5. The number of rotatable bonds is 11. The molecule has 33 heavy (non-hydrogen) atoms. The van der Waals surface area contributed by atoms with Gasteiger partial charge in [-0.15, -0.1) is 36.2 Å². The summed E-state index contributed by atoms with van der Waals surface area (Å²) in [6, 6.07) is 3.08. The van der Waals surface area contributed by atoms with Crippen molar-refractivity contribution in [2.75, 3.05) is 39.2 Å². The van der Waals surface area contributed by atoms with Crippen LogP contribution in [0.3, 0.4) is 0 Å². The second kappa shape index (κ2) is 14.8. The molecular formula is C21H32Cl2N4O5S. The summed E-state index contributed by atoms with van der Waals surface area (Å²) in [6.45, 7) is 8.62. The van der Waals surface area contributed by atoms with Gasteiger partial charge in [0.1, 0.15) is 11.4 Å². The van der Waals surface area contributed by atoms with E-state index in [9.17, 15) is 14.7 Å². The van der Waals surface area contributed by atoms with Crippen molar-refractivity contribution in [3.63, 3.8) is 0 Å². The van der Waals surface area contributed by atoms with Crippen LogP contribution in [0.4, 0.5) is 5.13 Å². The van der Waals surface area contributed by atoms with Crippen LogP contribution in [0.2, 0.25) is 0 Å². The van der Waals surface area contributed by atoms with Crippen LogP contribution in [0.15, 0.2) is 17.5 Å². The topological polar surface area (TPSA) is 113 Å². The largest absolute Gasteiger partial charge is 0.507 e. The molecule has 9 nitrogen and oxygen atoms in total. The van der Waals surface area contributed by atoms with Gasteiger partial charge in [-0.05, 0) is 26.8 Å². The van der Waals surface area contributed by atoms with Gasteiger partial charge in [-0.1, -0.05) is 6.92 Å². The number of phenols is 1. The Kier molecular flexibility index (Phi) is 13.8. The van der Waals surface area contributed by atoms with E-state index in [2.05, 4.69) is 41.3 Å². The predicted octanol–water partition coefficient (Wildman–Crippen LogP) is 3.81. The minimum Gasteiger partial charge on any atom is -0.507 e. The zero-order valence-electron chi connectivity index (χ0n) is 19.3. The third kappa shape index (κ3) is 8.54. The molecule has 0 aliphatic rings. The molecule has 2 amide bonds. The lowest BCUT2D eigenvalue weighted by atomic mass is 10.1. The van der Waals surface area contributed by atoms with Gasteiger partial charge in [-0.2, -0.15) is 0 Å². The molecule has 0 radical (unpaired) electrons. The van der Waals surface area contributed by atoms with Crippen LogP contribution < -0.4 is 20.1 Å². The van der Waals surface area contributed by atoms with Crippen LogP contribution in [-0.4, -0.2) is 66.7 Å². The molecule has 0 aliphatic heterocycles. The molecule has 3 N–H and O–H groups in total. The van der Waals surface area contributed by atoms with Gasteiger partial charge in [0.25, 0.3) is 11.8 Å². The number of halogens is 2. The number of ether oxygens (including phenoxy) is 2. The number of aromatic nitrogens is 1. The summed E-state index contributed by atoms with van der Waals surface area (Å²) < 4.78 is 10.3. The number of methoxy groups -OCH3 is 2. The monoisotopic (exact) mass is 522 g/mol. The summed E-state index contributed by atoms with van der Waals surface area (Å²) >= 11 is 1.13. The van der Waals surface area contributed by atoms with Gasteiger partial charge in [0.15, 0.2) is 16.6 Å². The van der Waals surface area contributed by atoms with Crippen molar-refractivity contribution in [2.45, 2.75) is 33.2 Å². The number of carbonyl (C=O) groups is 2. The Balaban J connectivity index is 0.00000512. The molecule has 0 spiro atoms. The van der Waals surface area contributed by atoms with Crippen molar-refractivity contribution in [2.24, 2.45) is 0 Å². The molecule has 12 heteroatoms. The zero-order chi connectivity index (χ0) is 23.0. The van der Waals surface area contributed by atoms with Crippen molar-refractivity contribution >= 4 is 53.1 Å². The normalized spacial score (nSPS) is 10.3. The number of phenolic OH excluding ortho intramolecular Hbond substituents is 1. The fraction of sp³-hybridized carbons (Fsp3) is 0.476. The van der Waals surface area contributed by atoms with E-state index in [0.29, 0.717) is 24.1 Å². The highest BCUT2D eigenvalue weighted by atomic mass is 35.5. The number of carbonyl (C=O) groups excluding carboxylic acids is 2.